The maximum Gasteiger partial charge on any atom is 0.292 e. The van der Waals surface area contributed by atoms with Crippen LogP contribution in [0.25, 0.3) is 11.3 Å². The molecule has 34 heavy (non-hydrogen) atoms. The van der Waals surface area contributed by atoms with Crippen LogP contribution in [0.4, 0.5) is 4.39 Å². The number of aromatic nitrogens is 2. The van der Waals surface area contributed by atoms with E-state index in [1.54, 1.807) is 36.4 Å². The Bertz CT molecular complexity index is 1280. The number of ether oxygens (including phenoxy) is 1. The smallest absolute Gasteiger partial charge is 0.292 e. The van der Waals surface area contributed by atoms with Crippen molar-refractivity contribution in [2.75, 3.05) is 20.2 Å². The van der Waals surface area contributed by atoms with Crippen molar-refractivity contribution < 1.29 is 22.9 Å². The summed E-state index contributed by atoms with van der Waals surface area (Å²) in [5, 5.41) is 3.98. The third-order valence-corrected chi connectivity index (χ3v) is 6.05. The molecule has 0 spiro atoms. The molecule has 8 heteroatoms. The van der Waals surface area contributed by atoms with Crippen LogP contribution in [0.5, 0.6) is 5.75 Å². The highest BCUT2D eigenvalue weighted by Crippen LogP contribution is 2.29. The first-order chi connectivity index (χ1) is 16.6. The van der Waals surface area contributed by atoms with Crippen molar-refractivity contribution in [2.45, 2.75) is 25.2 Å². The second kappa shape index (κ2) is 9.51. The Balaban J connectivity index is 1.26. The van der Waals surface area contributed by atoms with E-state index in [9.17, 15) is 9.18 Å². The number of para-hydroxylation sites is 1. The van der Waals surface area contributed by atoms with Gasteiger partial charge in [-0.2, -0.15) is 0 Å². The topological polar surface area (TPSA) is 81.6 Å². The van der Waals surface area contributed by atoms with Gasteiger partial charge in [-0.15, -0.1) is 0 Å². The number of benzene rings is 2. The largest absolute Gasteiger partial charge is 0.496 e. The molecule has 0 aliphatic carbocycles. The van der Waals surface area contributed by atoms with Crippen LogP contribution < -0.4 is 4.74 Å². The minimum absolute atomic E-state index is 0.00334. The molecule has 1 aliphatic rings. The molecule has 7 nitrogen and oxygen atoms in total. The molecule has 0 bridgehead atoms. The summed E-state index contributed by atoms with van der Waals surface area (Å²) in [6, 6.07) is 15.3. The molecule has 1 fully saturated rings. The van der Waals surface area contributed by atoms with E-state index < -0.39 is 0 Å². The van der Waals surface area contributed by atoms with Crippen molar-refractivity contribution in [1.29, 1.82) is 0 Å². The first-order valence-corrected chi connectivity index (χ1v) is 11.2. The fourth-order valence-corrected chi connectivity index (χ4v) is 4.28. The Labute approximate surface area is 196 Å². The Morgan fingerprint density at radius 2 is 2.03 bits per heavy atom. The van der Waals surface area contributed by atoms with E-state index in [2.05, 4.69) is 10.1 Å². The SMILES string of the molecule is COc1ccccc1Cc1cnc(C2CCCN(C(=O)c3cc(-c4ccc(F)cc4)no3)C2)o1. The third kappa shape index (κ3) is 4.57. The van der Waals surface area contributed by atoms with Crippen molar-refractivity contribution in [1.82, 2.24) is 15.0 Å². The summed E-state index contributed by atoms with van der Waals surface area (Å²) >= 11 is 0. The molecule has 0 radical (unpaired) electrons. The highest BCUT2D eigenvalue weighted by molar-refractivity contribution is 5.92. The lowest BCUT2D eigenvalue weighted by Gasteiger charge is -2.30. The van der Waals surface area contributed by atoms with Crippen molar-refractivity contribution in [3.8, 4) is 17.0 Å². The fraction of sp³-hybridized carbons (Fsp3) is 0.269. The van der Waals surface area contributed by atoms with Gasteiger partial charge in [-0.05, 0) is 43.2 Å². The molecule has 5 rings (SSSR count). The van der Waals surface area contributed by atoms with Crippen molar-refractivity contribution in [2.24, 2.45) is 0 Å². The molecule has 3 heterocycles. The molecule has 1 unspecified atom stereocenters. The molecule has 0 saturated carbocycles. The minimum atomic E-state index is -0.333. The summed E-state index contributed by atoms with van der Waals surface area (Å²) in [4.78, 5) is 19.3. The number of halogens is 1. The van der Waals surface area contributed by atoms with E-state index in [1.807, 2.05) is 24.3 Å². The van der Waals surface area contributed by atoms with Crippen LogP contribution in [0.3, 0.4) is 0 Å². The summed E-state index contributed by atoms with van der Waals surface area (Å²) < 4.78 is 30.0. The summed E-state index contributed by atoms with van der Waals surface area (Å²) in [6.07, 6.45) is 4.04. The quantitative estimate of drug-likeness (QED) is 0.398. The standard InChI is InChI=1S/C26H24FN3O4/c1-32-23-7-3-2-5-18(23)13-21-15-28-25(33-21)19-6-4-12-30(16-19)26(31)24-14-22(29-34-24)17-8-10-20(27)11-9-17/h2-3,5,7-11,14-15,19H,4,6,12-13,16H2,1H3. The maximum absolute atomic E-state index is 13.2. The molecule has 1 saturated heterocycles. The van der Waals surface area contributed by atoms with Gasteiger partial charge >= 0.3 is 0 Å². The van der Waals surface area contributed by atoms with Gasteiger partial charge in [0, 0.05) is 36.7 Å². The van der Waals surface area contributed by atoms with Crippen LogP contribution in [-0.2, 0) is 6.42 Å². The fourth-order valence-electron chi connectivity index (χ4n) is 4.28. The molecule has 174 valence electrons. The second-order valence-electron chi connectivity index (χ2n) is 8.33. The Hall–Kier alpha value is -3.94. The summed E-state index contributed by atoms with van der Waals surface area (Å²) in [5.41, 5.74) is 2.20. The van der Waals surface area contributed by atoms with E-state index >= 15 is 0 Å². The monoisotopic (exact) mass is 461 g/mol. The van der Waals surface area contributed by atoms with E-state index in [1.165, 1.54) is 12.1 Å². The Morgan fingerprint density at radius 1 is 1.21 bits per heavy atom. The third-order valence-electron chi connectivity index (χ3n) is 6.05. The minimum Gasteiger partial charge on any atom is -0.496 e. The number of likely N-dealkylation sites (tertiary alicyclic amines) is 1. The van der Waals surface area contributed by atoms with Crippen molar-refractivity contribution in [3.63, 3.8) is 0 Å². The number of piperidine rings is 1. The number of methoxy groups -OCH3 is 1. The number of hydrogen-bond donors (Lipinski definition) is 0. The van der Waals surface area contributed by atoms with Gasteiger partial charge in [-0.1, -0.05) is 23.4 Å². The molecule has 0 N–H and O–H groups in total. The van der Waals surface area contributed by atoms with E-state index in [4.69, 9.17) is 13.7 Å². The lowest BCUT2D eigenvalue weighted by molar-refractivity contribution is 0.0656. The van der Waals surface area contributed by atoms with Gasteiger partial charge in [0.1, 0.15) is 23.0 Å². The molecule has 2 aromatic carbocycles. The molecule has 1 atom stereocenters. The molecule has 4 aromatic rings. The first kappa shape index (κ1) is 21.9. The molecular formula is C26H24FN3O4. The van der Waals surface area contributed by atoms with E-state index in [-0.39, 0.29) is 23.4 Å². The van der Waals surface area contributed by atoms with Crippen LogP contribution in [0, 0.1) is 5.82 Å². The van der Waals surface area contributed by atoms with Crippen LogP contribution >= 0.6 is 0 Å². The summed E-state index contributed by atoms with van der Waals surface area (Å²) in [5.74, 6) is 1.79. The van der Waals surface area contributed by atoms with Gasteiger partial charge in [-0.25, -0.2) is 9.37 Å². The van der Waals surface area contributed by atoms with Gasteiger partial charge in [0.15, 0.2) is 5.89 Å². The van der Waals surface area contributed by atoms with Gasteiger partial charge in [0.05, 0.1) is 19.2 Å². The Morgan fingerprint density at radius 3 is 2.85 bits per heavy atom. The number of nitrogens with zero attached hydrogens (tertiary/aromatic N) is 3. The van der Waals surface area contributed by atoms with Crippen LogP contribution in [-0.4, -0.2) is 41.1 Å². The Kier molecular flexibility index (Phi) is 6.12. The lowest BCUT2D eigenvalue weighted by atomic mass is 9.98. The first-order valence-electron chi connectivity index (χ1n) is 11.2. The predicted octanol–water partition coefficient (Wildman–Crippen LogP) is 5.09. The molecule has 2 aromatic heterocycles. The predicted molar refractivity (Wildman–Crippen MR) is 122 cm³/mol. The van der Waals surface area contributed by atoms with Gasteiger partial charge in [-0.3, -0.25) is 4.79 Å². The molecular weight excluding hydrogens is 437 g/mol. The van der Waals surface area contributed by atoms with Crippen LogP contribution in [0.2, 0.25) is 0 Å². The number of carbonyl (C=O) groups excluding carboxylic acids is 1. The van der Waals surface area contributed by atoms with E-state index in [0.29, 0.717) is 36.7 Å². The molecule has 1 amide bonds. The number of oxazole rings is 1. The summed E-state index contributed by atoms with van der Waals surface area (Å²) in [6.45, 7) is 1.11. The zero-order valence-electron chi connectivity index (χ0n) is 18.7. The zero-order valence-corrected chi connectivity index (χ0v) is 18.7. The number of hydrogen-bond acceptors (Lipinski definition) is 6. The highest BCUT2D eigenvalue weighted by atomic mass is 19.1. The lowest BCUT2D eigenvalue weighted by Crippen LogP contribution is -2.39. The number of carbonyl (C=O) groups is 1. The van der Waals surface area contributed by atoms with Gasteiger partial charge in [0.25, 0.3) is 5.91 Å². The van der Waals surface area contributed by atoms with Gasteiger partial charge < -0.3 is 18.6 Å². The summed E-state index contributed by atoms with van der Waals surface area (Å²) in [7, 11) is 1.65. The number of amides is 1. The van der Waals surface area contributed by atoms with E-state index in [0.717, 1.165) is 29.9 Å². The molecule has 1 aliphatic heterocycles. The van der Waals surface area contributed by atoms with Crippen LogP contribution in [0.15, 0.2) is 69.7 Å². The van der Waals surface area contributed by atoms with Crippen LogP contribution in [0.1, 0.15) is 46.5 Å². The average Bonchev–Trinajstić information content (AvgIpc) is 3.55. The van der Waals surface area contributed by atoms with Gasteiger partial charge in [0.2, 0.25) is 5.76 Å². The second-order valence-corrected chi connectivity index (χ2v) is 8.33. The highest BCUT2D eigenvalue weighted by Gasteiger charge is 2.30. The zero-order chi connectivity index (χ0) is 23.5. The average molecular weight is 461 g/mol. The maximum atomic E-state index is 13.2. The normalized spacial score (nSPS) is 15.9. The van der Waals surface area contributed by atoms with Crippen molar-refractivity contribution >= 4 is 5.91 Å². The number of rotatable bonds is 6. The van der Waals surface area contributed by atoms with Crippen molar-refractivity contribution in [3.05, 3.63) is 89.6 Å².